The maximum atomic E-state index is 14.5. The molecule has 2 saturated heterocycles. The first-order chi connectivity index (χ1) is 23.2. The van der Waals surface area contributed by atoms with Crippen molar-refractivity contribution in [3.8, 4) is 5.75 Å². The standard InChI is InChI=1S/C36H37F2N5O5/c37-36(38)21-31(33(45)35(47)41-26-10-9-24-7-2-3-8-25(24)19-26)43(23-36)32(44)22-40-34(46)28-13-14-39-30-12-11-27(20-29(28)30)48-18-6-17-42-15-4-1-5-16-42/h2-3,7-14,19-20,31H,1,4-6,15-18,21-23H2,(H,40,46)(H,41,47)/t31-/m0/s1. The van der Waals surface area contributed by atoms with E-state index in [1.54, 1.807) is 36.4 Å². The van der Waals surface area contributed by atoms with Crippen molar-refractivity contribution >= 4 is 50.9 Å². The zero-order chi connectivity index (χ0) is 33.7. The molecule has 10 nitrogen and oxygen atoms in total. The summed E-state index contributed by atoms with van der Waals surface area (Å²) in [6.45, 7) is 2.00. The maximum Gasteiger partial charge on any atom is 0.293 e. The number of fused-ring (bicyclic) bond motifs is 2. The van der Waals surface area contributed by atoms with Crippen molar-refractivity contribution in [3.63, 3.8) is 0 Å². The van der Waals surface area contributed by atoms with E-state index in [1.165, 1.54) is 31.5 Å². The van der Waals surface area contributed by atoms with Gasteiger partial charge in [0.25, 0.3) is 17.7 Å². The normalized spacial score (nSPS) is 17.7. The molecule has 0 saturated carbocycles. The summed E-state index contributed by atoms with van der Waals surface area (Å²) in [6.07, 6.45) is 5.06. The largest absolute Gasteiger partial charge is 0.494 e. The van der Waals surface area contributed by atoms with Crippen molar-refractivity contribution in [1.82, 2.24) is 20.1 Å². The van der Waals surface area contributed by atoms with Gasteiger partial charge in [0, 0.05) is 30.2 Å². The third-order valence-electron chi connectivity index (χ3n) is 8.82. The molecule has 2 fully saturated rings. The molecule has 2 N–H and O–H groups in total. The van der Waals surface area contributed by atoms with E-state index in [0.717, 1.165) is 36.8 Å². The summed E-state index contributed by atoms with van der Waals surface area (Å²) in [5.74, 6) is -6.61. The number of nitrogens with one attached hydrogen (secondary N) is 2. The average molecular weight is 658 g/mol. The summed E-state index contributed by atoms with van der Waals surface area (Å²) < 4.78 is 35.0. The van der Waals surface area contributed by atoms with Crippen LogP contribution < -0.4 is 15.4 Å². The number of carbonyl (C=O) groups is 4. The number of piperidine rings is 1. The third kappa shape index (κ3) is 7.76. The number of ether oxygens (including phenoxy) is 1. The van der Waals surface area contributed by atoms with Crippen molar-refractivity contribution < 1.29 is 32.7 Å². The Morgan fingerprint density at radius 2 is 1.73 bits per heavy atom. The van der Waals surface area contributed by atoms with Gasteiger partial charge in [0.1, 0.15) is 11.8 Å². The van der Waals surface area contributed by atoms with Crippen molar-refractivity contribution in [1.29, 1.82) is 0 Å². The van der Waals surface area contributed by atoms with Gasteiger partial charge in [-0.05, 0) is 79.5 Å². The Morgan fingerprint density at radius 3 is 2.54 bits per heavy atom. The summed E-state index contributed by atoms with van der Waals surface area (Å²) in [4.78, 5) is 59.7. The number of Topliss-reactive ketones (excluding diaryl/α,β-unsaturated/α-hetero) is 1. The summed E-state index contributed by atoms with van der Waals surface area (Å²) in [6, 6.07) is 17.5. The van der Waals surface area contributed by atoms with E-state index in [1.807, 2.05) is 24.3 Å². The Bertz CT molecular complexity index is 1840. The molecule has 1 aromatic heterocycles. The zero-order valence-electron chi connectivity index (χ0n) is 26.4. The van der Waals surface area contributed by atoms with E-state index in [2.05, 4.69) is 20.5 Å². The molecule has 1 atom stereocenters. The summed E-state index contributed by atoms with van der Waals surface area (Å²) in [5, 5.41) is 7.19. The Balaban J connectivity index is 1.07. The molecule has 48 heavy (non-hydrogen) atoms. The van der Waals surface area contributed by atoms with Gasteiger partial charge in [-0.1, -0.05) is 36.8 Å². The van der Waals surface area contributed by atoms with Gasteiger partial charge in [0.05, 0.1) is 30.8 Å². The number of ketones is 1. The zero-order valence-corrected chi connectivity index (χ0v) is 26.4. The molecule has 0 spiro atoms. The molecular formula is C36H37F2N5O5. The van der Waals surface area contributed by atoms with Crippen molar-refractivity contribution in [2.45, 2.75) is 44.1 Å². The van der Waals surface area contributed by atoms with Gasteiger partial charge in [-0.2, -0.15) is 0 Å². The first kappa shape index (κ1) is 33.0. The Kier molecular flexibility index (Phi) is 9.90. The van der Waals surface area contributed by atoms with Crippen LogP contribution in [-0.4, -0.2) is 89.6 Å². The molecule has 0 unspecified atom stereocenters. The van der Waals surface area contributed by atoms with Crippen LogP contribution in [0.25, 0.3) is 21.7 Å². The van der Waals surface area contributed by atoms with E-state index in [-0.39, 0.29) is 5.56 Å². The number of carbonyl (C=O) groups excluding carboxylic acids is 4. The van der Waals surface area contributed by atoms with Crippen molar-refractivity contribution in [2.24, 2.45) is 0 Å². The molecule has 3 heterocycles. The number of hydrogen-bond donors (Lipinski definition) is 2. The minimum absolute atomic E-state index is 0.223. The van der Waals surface area contributed by atoms with E-state index >= 15 is 0 Å². The number of benzene rings is 3. The Labute approximate surface area is 276 Å². The number of rotatable bonds is 11. The fourth-order valence-electron chi connectivity index (χ4n) is 6.35. The maximum absolute atomic E-state index is 14.5. The van der Waals surface area contributed by atoms with Crippen LogP contribution in [0.15, 0.2) is 72.9 Å². The molecule has 4 aromatic rings. The number of nitrogens with zero attached hydrogens (tertiary/aromatic N) is 3. The molecule has 2 aliphatic rings. The highest BCUT2D eigenvalue weighted by molar-refractivity contribution is 6.42. The molecule has 0 aliphatic carbocycles. The van der Waals surface area contributed by atoms with E-state index < -0.39 is 55.0 Å². The second-order valence-electron chi connectivity index (χ2n) is 12.3. The van der Waals surface area contributed by atoms with Gasteiger partial charge >= 0.3 is 0 Å². The lowest BCUT2D eigenvalue weighted by molar-refractivity contribution is -0.142. The first-order valence-corrected chi connectivity index (χ1v) is 16.2. The molecular weight excluding hydrogens is 620 g/mol. The number of amides is 3. The van der Waals surface area contributed by atoms with Crippen molar-refractivity contribution in [2.75, 3.05) is 44.6 Å². The monoisotopic (exact) mass is 657 g/mol. The molecule has 12 heteroatoms. The number of aromatic nitrogens is 1. The van der Waals surface area contributed by atoms with Gasteiger partial charge in [-0.15, -0.1) is 0 Å². The number of likely N-dealkylation sites (tertiary alicyclic amines) is 2. The highest BCUT2D eigenvalue weighted by Gasteiger charge is 2.51. The van der Waals surface area contributed by atoms with Gasteiger partial charge in [-0.3, -0.25) is 24.2 Å². The molecule has 6 rings (SSSR count). The van der Waals surface area contributed by atoms with E-state index in [0.29, 0.717) is 33.8 Å². The first-order valence-electron chi connectivity index (χ1n) is 16.2. The fraction of sp³-hybridized carbons (Fsp3) is 0.361. The smallest absolute Gasteiger partial charge is 0.293 e. The predicted octanol–water partition coefficient (Wildman–Crippen LogP) is 4.82. The molecule has 3 aromatic carbocycles. The van der Waals surface area contributed by atoms with Crippen LogP contribution in [0, 0.1) is 0 Å². The minimum Gasteiger partial charge on any atom is -0.494 e. The van der Waals surface area contributed by atoms with Crippen LogP contribution in [0.3, 0.4) is 0 Å². The lowest BCUT2D eigenvalue weighted by atomic mass is 10.1. The average Bonchev–Trinajstić information content (AvgIpc) is 3.43. The number of pyridine rings is 1. The summed E-state index contributed by atoms with van der Waals surface area (Å²) in [7, 11) is 0. The molecule has 2 aliphatic heterocycles. The van der Waals surface area contributed by atoms with Gasteiger partial charge in [-0.25, -0.2) is 8.78 Å². The fourth-order valence-corrected chi connectivity index (χ4v) is 6.35. The SMILES string of the molecule is O=C(Nc1ccc2ccccc2c1)C(=O)[C@@H]1CC(F)(F)CN1C(=O)CNC(=O)c1ccnc2ccc(OCCCN3CCCCC3)cc12. The van der Waals surface area contributed by atoms with E-state index in [4.69, 9.17) is 4.74 Å². The van der Waals surface area contributed by atoms with Gasteiger partial charge < -0.3 is 25.2 Å². The van der Waals surface area contributed by atoms with Crippen LogP contribution in [-0.2, 0) is 14.4 Å². The second kappa shape index (κ2) is 14.4. The lowest BCUT2D eigenvalue weighted by Gasteiger charge is -2.26. The van der Waals surface area contributed by atoms with Crippen LogP contribution >= 0.6 is 0 Å². The summed E-state index contributed by atoms with van der Waals surface area (Å²) in [5.41, 5.74) is 1.08. The molecule has 0 radical (unpaired) electrons. The topological polar surface area (TPSA) is 121 Å². The number of hydrogen-bond acceptors (Lipinski definition) is 7. The Hall–Kier alpha value is -4.97. The van der Waals surface area contributed by atoms with Crippen LogP contribution in [0.2, 0.25) is 0 Å². The number of anilines is 1. The number of alkyl halides is 2. The summed E-state index contributed by atoms with van der Waals surface area (Å²) >= 11 is 0. The Morgan fingerprint density at radius 1 is 0.938 bits per heavy atom. The predicted molar refractivity (Wildman–Crippen MR) is 177 cm³/mol. The highest BCUT2D eigenvalue weighted by atomic mass is 19.3. The molecule has 0 bridgehead atoms. The number of halogens is 2. The van der Waals surface area contributed by atoms with Crippen molar-refractivity contribution in [3.05, 3.63) is 78.5 Å². The highest BCUT2D eigenvalue weighted by Crippen LogP contribution is 2.33. The lowest BCUT2D eigenvalue weighted by Crippen LogP contribution is -2.48. The van der Waals surface area contributed by atoms with Gasteiger partial charge in [0.15, 0.2) is 0 Å². The van der Waals surface area contributed by atoms with E-state index in [9.17, 15) is 28.0 Å². The van der Waals surface area contributed by atoms with Gasteiger partial charge in [0.2, 0.25) is 11.7 Å². The van der Waals surface area contributed by atoms with Crippen LogP contribution in [0.5, 0.6) is 5.75 Å². The van der Waals surface area contributed by atoms with Crippen LogP contribution in [0.4, 0.5) is 14.5 Å². The quantitative estimate of drug-likeness (QED) is 0.175. The molecule has 3 amide bonds. The van der Waals surface area contributed by atoms with Crippen LogP contribution in [0.1, 0.15) is 42.5 Å². The third-order valence-corrected chi connectivity index (χ3v) is 8.82. The molecule has 250 valence electrons. The second-order valence-corrected chi connectivity index (χ2v) is 12.3. The minimum atomic E-state index is -3.38.